The molecule has 4 nitrogen and oxygen atoms in total. The smallest absolute Gasteiger partial charge is 0.221 e. The molecule has 1 aromatic rings. The summed E-state index contributed by atoms with van der Waals surface area (Å²) in [5, 5.41) is 5.00. The molecule has 0 saturated carbocycles. The lowest BCUT2D eigenvalue weighted by Crippen LogP contribution is -2.45. The van der Waals surface area contributed by atoms with Gasteiger partial charge in [0.15, 0.2) is 0 Å². The van der Waals surface area contributed by atoms with Crippen LogP contribution in [-0.4, -0.2) is 36.5 Å². The zero-order chi connectivity index (χ0) is 13.5. The lowest BCUT2D eigenvalue weighted by atomic mass is 10.0. The van der Waals surface area contributed by atoms with Crippen LogP contribution in [0.25, 0.3) is 0 Å². The van der Waals surface area contributed by atoms with E-state index in [1.54, 1.807) is 11.3 Å². The summed E-state index contributed by atoms with van der Waals surface area (Å²) in [7, 11) is 0. The first-order valence-corrected chi connectivity index (χ1v) is 7.91. The molecule has 21 heavy (non-hydrogen) atoms. The average Bonchev–Trinajstić information content (AvgIpc) is 2.96. The largest absolute Gasteiger partial charge is 0.351 e. The molecule has 0 spiro atoms. The quantitative estimate of drug-likeness (QED) is 0.825. The van der Waals surface area contributed by atoms with E-state index in [1.807, 2.05) is 17.5 Å². The third-order valence-electron chi connectivity index (χ3n) is 3.69. The fourth-order valence-corrected chi connectivity index (χ4v) is 3.20. The van der Waals surface area contributed by atoms with Crippen molar-refractivity contribution < 1.29 is 4.79 Å². The van der Waals surface area contributed by atoms with Gasteiger partial charge in [0.2, 0.25) is 5.91 Å². The van der Waals surface area contributed by atoms with Crippen LogP contribution in [0.1, 0.15) is 30.6 Å². The topological polar surface area (TPSA) is 58.4 Å². The zero-order valence-corrected chi connectivity index (χ0v) is 14.6. The molecule has 1 saturated heterocycles. The Labute approximate surface area is 143 Å². The van der Waals surface area contributed by atoms with Crippen LogP contribution < -0.4 is 11.1 Å². The highest BCUT2D eigenvalue weighted by atomic mass is 35.5. The maximum absolute atomic E-state index is 11.8. The molecule has 1 aliphatic heterocycles. The van der Waals surface area contributed by atoms with Gasteiger partial charge in [-0.05, 0) is 30.8 Å². The van der Waals surface area contributed by atoms with Gasteiger partial charge in [0.05, 0.1) is 6.54 Å². The summed E-state index contributed by atoms with van der Waals surface area (Å²) in [6.07, 6.45) is 4.24. The first kappa shape index (κ1) is 20.7. The van der Waals surface area contributed by atoms with Crippen molar-refractivity contribution in [3.8, 4) is 0 Å². The number of nitrogens with one attached hydrogen (secondary N) is 1. The van der Waals surface area contributed by atoms with Gasteiger partial charge in [0.25, 0.3) is 0 Å². The molecule has 2 heterocycles. The van der Waals surface area contributed by atoms with E-state index in [0.717, 1.165) is 13.1 Å². The molecule has 1 unspecified atom stereocenters. The number of piperidine rings is 1. The Bertz CT molecular complexity index is 390. The first-order chi connectivity index (χ1) is 9.29. The van der Waals surface area contributed by atoms with Crippen LogP contribution in [0.15, 0.2) is 17.5 Å². The van der Waals surface area contributed by atoms with Crippen molar-refractivity contribution in [3.05, 3.63) is 22.4 Å². The molecule has 0 aromatic carbocycles. The Morgan fingerprint density at radius 2 is 2.24 bits per heavy atom. The summed E-state index contributed by atoms with van der Waals surface area (Å²) < 4.78 is 0. The number of hydrogen-bond acceptors (Lipinski definition) is 4. The van der Waals surface area contributed by atoms with Crippen LogP contribution >= 0.6 is 36.2 Å². The Morgan fingerprint density at radius 3 is 2.90 bits per heavy atom. The minimum Gasteiger partial charge on any atom is -0.351 e. The van der Waals surface area contributed by atoms with Gasteiger partial charge >= 0.3 is 0 Å². The van der Waals surface area contributed by atoms with Gasteiger partial charge in [-0.1, -0.05) is 12.5 Å². The fourth-order valence-electron chi connectivity index (χ4n) is 2.55. The molecule has 1 aliphatic rings. The van der Waals surface area contributed by atoms with Crippen molar-refractivity contribution in [3.63, 3.8) is 0 Å². The molecule has 1 fully saturated rings. The number of amides is 1. The number of nitrogens with two attached hydrogens (primary N) is 1. The second kappa shape index (κ2) is 11.3. The van der Waals surface area contributed by atoms with E-state index in [1.165, 1.54) is 24.1 Å². The van der Waals surface area contributed by atoms with Crippen LogP contribution in [0.3, 0.4) is 0 Å². The Hall–Kier alpha value is -0.330. The highest BCUT2D eigenvalue weighted by Crippen LogP contribution is 2.16. The number of carbonyl (C=O) groups excluding carboxylic acids is 1. The number of nitrogens with zero attached hydrogens (tertiary/aromatic N) is 1. The number of hydrogen-bond donors (Lipinski definition) is 2. The van der Waals surface area contributed by atoms with E-state index >= 15 is 0 Å². The maximum atomic E-state index is 11.8. The standard InChI is InChI=1S/C14H23N3OS.2ClH/c15-10-12-4-1-2-7-17(12)8-6-14(18)16-11-13-5-3-9-19-13;;/h3,5,9,12H,1-2,4,6-8,10-11,15H2,(H,16,18);2*1H. The van der Waals surface area contributed by atoms with Crippen molar-refractivity contribution in [1.82, 2.24) is 10.2 Å². The van der Waals surface area contributed by atoms with Gasteiger partial charge < -0.3 is 11.1 Å². The van der Waals surface area contributed by atoms with Crippen molar-refractivity contribution >= 4 is 42.1 Å². The van der Waals surface area contributed by atoms with Crippen molar-refractivity contribution in [1.29, 1.82) is 0 Å². The number of halogens is 2. The molecule has 0 radical (unpaired) electrons. The van der Waals surface area contributed by atoms with Gasteiger partial charge in [-0.25, -0.2) is 0 Å². The van der Waals surface area contributed by atoms with E-state index in [-0.39, 0.29) is 30.7 Å². The third kappa shape index (κ3) is 6.98. The predicted octanol–water partition coefficient (Wildman–Crippen LogP) is 2.41. The summed E-state index contributed by atoms with van der Waals surface area (Å²) in [6, 6.07) is 4.52. The van der Waals surface area contributed by atoms with Gasteiger partial charge in [-0.2, -0.15) is 0 Å². The SMILES string of the molecule is Cl.Cl.NCC1CCCCN1CCC(=O)NCc1cccs1. The second-order valence-corrected chi connectivity index (χ2v) is 6.06. The lowest BCUT2D eigenvalue weighted by Gasteiger charge is -2.34. The molecule has 1 aromatic heterocycles. The summed E-state index contributed by atoms with van der Waals surface area (Å²) in [4.78, 5) is 15.4. The fraction of sp³-hybridized carbons (Fsp3) is 0.643. The normalized spacial score (nSPS) is 18.4. The van der Waals surface area contributed by atoms with Crippen LogP contribution in [0.2, 0.25) is 0 Å². The minimum atomic E-state index is 0. The third-order valence-corrected chi connectivity index (χ3v) is 4.56. The Kier molecular flexibility index (Phi) is 11.1. The molecule has 122 valence electrons. The highest BCUT2D eigenvalue weighted by molar-refractivity contribution is 7.09. The number of carbonyl (C=O) groups is 1. The van der Waals surface area contributed by atoms with E-state index in [4.69, 9.17) is 5.73 Å². The molecule has 0 bridgehead atoms. The van der Waals surface area contributed by atoms with Crippen molar-refractivity contribution in [2.24, 2.45) is 5.73 Å². The van der Waals surface area contributed by atoms with Crippen LogP contribution in [0.5, 0.6) is 0 Å². The number of likely N-dealkylation sites (tertiary alicyclic amines) is 1. The minimum absolute atomic E-state index is 0. The number of rotatable bonds is 6. The molecule has 7 heteroatoms. The van der Waals surface area contributed by atoms with Gasteiger partial charge in [-0.15, -0.1) is 36.2 Å². The predicted molar refractivity (Wildman–Crippen MR) is 93.5 cm³/mol. The molecule has 1 atom stereocenters. The van der Waals surface area contributed by atoms with E-state index in [2.05, 4.69) is 10.2 Å². The monoisotopic (exact) mass is 353 g/mol. The Morgan fingerprint density at radius 1 is 1.43 bits per heavy atom. The van der Waals surface area contributed by atoms with E-state index in [9.17, 15) is 4.79 Å². The van der Waals surface area contributed by atoms with E-state index in [0.29, 0.717) is 25.6 Å². The lowest BCUT2D eigenvalue weighted by molar-refractivity contribution is -0.121. The first-order valence-electron chi connectivity index (χ1n) is 7.03. The van der Waals surface area contributed by atoms with Crippen LogP contribution in [0.4, 0.5) is 0 Å². The Balaban J connectivity index is 0.00000200. The molecular weight excluding hydrogens is 329 g/mol. The van der Waals surface area contributed by atoms with Gasteiger partial charge in [-0.3, -0.25) is 9.69 Å². The molecule has 3 N–H and O–H groups in total. The van der Waals surface area contributed by atoms with E-state index < -0.39 is 0 Å². The van der Waals surface area contributed by atoms with Crippen LogP contribution in [0, 0.1) is 0 Å². The molecule has 1 amide bonds. The van der Waals surface area contributed by atoms with Crippen molar-refractivity contribution in [2.75, 3.05) is 19.6 Å². The summed E-state index contributed by atoms with van der Waals surface area (Å²) in [6.45, 7) is 3.27. The summed E-state index contributed by atoms with van der Waals surface area (Å²) >= 11 is 1.67. The second-order valence-electron chi connectivity index (χ2n) is 5.03. The van der Waals surface area contributed by atoms with Gasteiger partial charge in [0.1, 0.15) is 0 Å². The van der Waals surface area contributed by atoms with Crippen LogP contribution in [-0.2, 0) is 11.3 Å². The average molecular weight is 354 g/mol. The summed E-state index contributed by atoms with van der Waals surface area (Å²) in [5.41, 5.74) is 5.78. The zero-order valence-electron chi connectivity index (χ0n) is 12.1. The summed E-state index contributed by atoms with van der Waals surface area (Å²) in [5.74, 6) is 0.134. The highest BCUT2D eigenvalue weighted by Gasteiger charge is 2.21. The molecule has 0 aliphatic carbocycles. The maximum Gasteiger partial charge on any atom is 0.221 e. The number of thiophene rings is 1. The molecule has 2 rings (SSSR count). The molecular formula is C14H25Cl2N3OS. The van der Waals surface area contributed by atoms with Crippen molar-refractivity contribution in [2.45, 2.75) is 38.3 Å². The van der Waals surface area contributed by atoms with Gasteiger partial charge in [0, 0.05) is 30.4 Å².